The zero-order chi connectivity index (χ0) is 5.98. The Morgan fingerprint density at radius 2 is 2.10 bits per heavy atom. The molecule has 1 saturated heterocycles. The van der Waals surface area contributed by atoms with Crippen LogP contribution in [-0.4, -0.2) is 18.5 Å². The van der Waals surface area contributed by atoms with Gasteiger partial charge >= 0.3 is 0 Å². The van der Waals surface area contributed by atoms with E-state index in [1.807, 2.05) is 0 Å². The summed E-state index contributed by atoms with van der Waals surface area (Å²) in [4.78, 5) is 10.5. The van der Waals surface area contributed by atoms with E-state index in [2.05, 4.69) is 5.32 Å². The van der Waals surface area contributed by atoms with E-state index in [0.717, 1.165) is 13.0 Å². The average molecular weight is 187 g/mol. The summed E-state index contributed by atoms with van der Waals surface area (Å²) in [6, 6.07) is 0.101. The molecule has 1 aliphatic heterocycles. The van der Waals surface area contributed by atoms with E-state index < -0.39 is 0 Å². The Labute approximate surface area is 72.6 Å². The number of halogens is 2. The molecule has 1 amide bonds. The second kappa shape index (κ2) is 5.77. The lowest BCUT2D eigenvalue weighted by Crippen LogP contribution is -2.40. The van der Waals surface area contributed by atoms with Gasteiger partial charge in [0, 0.05) is 19.0 Å². The van der Waals surface area contributed by atoms with Crippen molar-refractivity contribution in [2.75, 3.05) is 6.54 Å². The summed E-state index contributed by atoms with van der Waals surface area (Å²) >= 11 is 0. The van der Waals surface area contributed by atoms with Crippen LogP contribution >= 0.6 is 24.8 Å². The number of hydrogen-bond donors (Lipinski definition) is 2. The molecular weight excluding hydrogens is 175 g/mol. The van der Waals surface area contributed by atoms with Crippen LogP contribution in [0.2, 0.25) is 0 Å². The highest BCUT2D eigenvalue weighted by atomic mass is 35.5. The summed E-state index contributed by atoms with van der Waals surface area (Å²) in [5.74, 6) is 0.0868. The van der Waals surface area contributed by atoms with Gasteiger partial charge in [0.05, 0.1) is 0 Å². The van der Waals surface area contributed by atoms with Crippen molar-refractivity contribution in [3.63, 3.8) is 0 Å². The molecule has 0 aliphatic carbocycles. The molecule has 0 aromatic rings. The maximum atomic E-state index is 10.5. The number of nitrogens with one attached hydrogen (secondary N) is 1. The van der Waals surface area contributed by atoms with Gasteiger partial charge in [-0.25, -0.2) is 0 Å². The van der Waals surface area contributed by atoms with Crippen LogP contribution < -0.4 is 11.1 Å². The van der Waals surface area contributed by atoms with Crippen molar-refractivity contribution in [3.8, 4) is 0 Å². The number of nitrogens with two attached hydrogens (primary N) is 1. The molecule has 0 unspecified atom stereocenters. The highest BCUT2D eigenvalue weighted by Crippen LogP contribution is 1.98. The van der Waals surface area contributed by atoms with Crippen molar-refractivity contribution < 1.29 is 4.79 Å². The van der Waals surface area contributed by atoms with Crippen LogP contribution in [0.1, 0.15) is 12.8 Å². The number of piperidine rings is 1. The molecule has 0 bridgehead atoms. The molecule has 1 fully saturated rings. The average Bonchev–Trinajstić information content (AvgIpc) is 1.64. The summed E-state index contributed by atoms with van der Waals surface area (Å²) < 4.78 is 0. The molecule has 10 heavy (non-hydrogen) atoms. The maximum absolute atomic E-state index is 10.5. The maximum Gasteiger partial charge on any atom is 0.221 e. The van der Waals surface area contributed by atoms with Crippen LogP contribution in [0.25, 0.3) is 0 Å². The van der Waals surface area contributed by atoms with Gasteiger partial charge in [-0.15, -0.1) is 24.8 Å². The third kappa shape index (κ3) is 3.93. The van der Waals surface area contributed by atoms with Gasteiger partial charge in [0.15, 0.2) is 0 Å². The van der Waals surface area contributed by atoms with Gasteiger partial charge in [-0.1, -0.05) is 0 Å². The Morgan fingerprint density at radius 3 is 2.40 bits per heavy atom. The number of rotatable bonds is 0. The molecule has 5 heteroatoms. The molecule has 62 valence electrons. The van der Waals surface area contributed by atoms with Crippen LogP contribution in [0.3, 0.4) is 0 Å². The van der Waals surface area contributed by atoms with Gasteiger partial charge in [-0.2, -0.15) is 0 Å². The van der Waals surface area contributed by atoms with E-state index >= 15 is 0 Å². The van der Waals surface area contributed by atoms with Crippen molar-refractivity contribution in [2.45, 2.75) is 18.9 Å². The molecule has 3 nitrogen and oxygen atoms in total. The largest absolute Gasteiger partial charge is 0.356 e. The van der Waals surface area contributed by atoms with Gasteiger partial charge in [-0.3, -0.25) is 4.79 Å². The zero-order valence-corrected chi connectivity index (χ0v) is 7.13. The van der Waals surface area contributed by atoms with E-state index in [9.17, 15) is 4.79 Å². The molecule has 1 heterocycles. The third-order valence-electron chi connectivity index (χ3n) is 1.28. The summed E-state index contributed by atoms with van der Waals surface area (Å²) in [5, 5.41) is 2.69. The fourth-order valence-electron chi connectivity index (χ4n) is 0.809. The quantitative estimate of drug-likeness (QED) is 0.563. The van der Waals surface area contributed by atoms with Crippen LogP contribution in [0.4, 0.5) is 0 Å². The summed E-state index contributed by atoms with van der Waals surface area (Å²) in [6.45, 7) is 0.750. The van der Waals surface area contributed by atoms with Crippen molar-refractivity contribution in [2.24, 2.45) is 5.73 Å². The van der Waals surface area contributed by atoms with Crippen LogP contribution in [0, 0.1) is 0 Å². The van der Waals surface area contributed by atoms with Crippen molar-refractivity contribution in [3.05, 3.63) is 0 Å². The topological polar surface area (TPSA) is 55.1 Å². The summed E-state index contributed by atoms with van der Waals surface area (Å²) in [6.07, 6.45) is 1.42. The van der Waals surface area contributed by atoms with Gasteiger partial charge in [0.1, 0.15) is 0 Å². The molecule has 1 atom stereocenters. The van der Waals surface area contributed by atoms with Gasteiger partial charge < -0.3 is 11.1 Å². The number of carbonyl (C=O) groups is 1. The second-order valence-electron chi connectivity index (χ2n) is 2.10. The summed E-state index contributed by atoms with van der Waals surface area (Å²) in [7, 11) is 0. The second-order valence-corrected chi connectivity index (χ2v) is 2.10. The SMILES string of the molecule is Cl.Cl.N[C@@H]1CCNC(=O)C1. The zero-order valence-electron chi connectivity index (χ0n) is 5.50. The third-order valence-corrected chi connectivity index (χ3v) is 1.28. The molecule has 0 radical (unpaired) electrons. The molecule has 3 N–H and O–H groups in total. The lowest BCUT2D eigenvalue weighted by Gasteiger charge is -2.16. The van der Waals surface area contributed by atoms with E-state index in [4.69, 9.17) is 5.73 Å². The number of carbonyl (C=O) groups excluding carboxylic acids is 1. The fraction of sp³-hybridized carbons (Fsp3) is 0.800. The van der Waals surface area contributed by atoms with Crippen molar-refractivity contribution in [1.82, 2.24) is 5.32 Å². The highest BCUT2D eigenvalue weighted by Gasteiger charge is 2.13. The Morgan fingerprint density at radius 1 is 1.50 bits per heavy atom. The minimum Gasteiger partial charge on any atom is -0.356 e. The molecule has 0 aromatic carbocycles. The fourth-order valence-corrected chi connectivity index (χ4v) is 0.809. The molecule has 1 rings (SSSR count). The van der Waals surface area contributed by atoms with E-state index in [0.29, 0.717) is 6.42 Å². The first-order valence-electron chi connectivity index (χ1n) is 2.81. The molecular formula is C5H12Cl2N2O. The Kier molecular flexibility index (Phi) is 7.31. The number of hydrogen-bond acceptors (Lipinski definition) is 2. The van der Waals surface area contributed by atoms with Crippen LogP contribution in [0.15, 0.2) is 0 Å². The van der Waals surface area contributed by atoms with Crippen molar-refractivity contribution >= 4 is 30.7 Å². The highest BCUT2D eigenvalue weighted by molar-refractivity contribution is 5.85. The van der Waals surface area contributed by atoms with Gasteiger partial charge in [0.2, 0.25) is 5.91 Å². The summed E-state index contributed by atoms with van der Waals surface area (Å²) in [5.41, 5.74) is 5.46. The lowest BCUT2D eigenvalue weighted by atomic mass is 10.1. The molecule has 0 saturated carbocycles. The normalized spacial score (nSPS) is 23.7. The minimum atomic E-state index is 0. The molecule has 0 spiro atoms. The van der Waals surface area contributed by atoms with Crippen LogP contribution in [-0.2, 0) is 4.79 Å². The molecule has 1 aliphatic rings. The molecule has 0 aromatic heterocycles. The Hall–Kier alpha value is 0.01000. The van der Waals surface area contributed by atoms with Gasteiger partial charge in [0.25, 0.3) is 0 Å². The standard InChI is InChI=1S/C5H10N2O.2ClH/c6-4-1-2-7-5(8)3-4;;/h4H,1-3,6H2,(H,7,8);2*1H/t4-;;/m1../s1. The van der Waals surface area contributed by atoms with Crippen LogP contribution in [0.5, 0.6) is 0 Å². The monoisotopic (exact) mass is 186 g/mol. The first kappa shape index (κ1) is 12.7. The first-order valence-corrected chi connectivity index (χ1v) is 2.81. The number of amides is 1. The Balaban J connectivity index is 0. The Bertz CT molecular complexity index is 110. The predicted octanol–water partition coefficient (Wildman–Crippen LogP) is 0.0673. The lowest BCUT2D eigenvalue weighted by molar-refractivity contribution is -0.122. The minimum absolute atomic E-state index is 0. The predicted molar refractivity (Wildman–Crippen MR) is 44.7 cm³/mol. The first-order chi connectivity index (χ1) is 3.79. The van der Waals surface area contributed by atoms with E-state index in [-0.39, 0.29) is 36.8 Å². The van der Waals surface area contributed by atoms with E-state index in [1.54, 1.807) is 0 Å². The smallest absolute Gasteiger partial charge is 0.221 e. The van der Waals surface area contributed by atoms with Gasteiger partial charge in [-0.05, 0) is 6.42 Å². The van der Waals surface area contributed by atoms with Crippen molar-refractivity contribution in [1.29, 1.82) is 0 Å². The van der Waals surface area contributed by atoms with E-state index in [1.165, 1.54) is 0 Å².